The van der Waals surface area contributed by atoms with E-state index in [0.717, 1.165) is 43.0 Å². The van der Waals surface area contributed by atoms with E-state index in [1.807, 2.05) is 11.3 Å². The number of fused-ring (bicyclic) bond motifs is 1. The van der Waals surface area contributed by atoms with Gasteiger partial charge in [-0.25, -0.2) is 4.98 Å². The van der Waals surface area contributed by atoms with E-state index in [2.05, 4.69) is 21.2 Å². The molecule has 2 aliphatic heterocycles. The number of hydrogen-bond donors (Lipinski definition) is 0. The molecule has 2 saturated heterocycles. The van der Waals surface area contributed by atoms with Gasteiger partial charge >= 0.3 is 0 Å². The molecule has 1 unspecified atom stereocenters. The lowest BCUT2D eigenvalue weighted by atomic mass is 9.90. The second-order valence-electron chi connectivity index (χ2n) is 6.07. The predicted molar refractivity (Wildman–Crippen MR) is 79.4 cm³/mol. The van der Waals surface area contributed by atoms with Crippen LogP contribution in [0.3, 0.4) is 0 Å². The van der Waals surface area contributed by atoms with Gasteiger partial charge in [0.05, 0.1) is 0 Å². The molecular formula is C15H21N5O. The standard InChI is InChI=1S/C15H21N5O/c1-11-17-14(9-15-18-16-10-20(11)15)19-6-2-3-13(19)12-4-7-21-8-5-12/h9-10,12-13H,2-8H2,1H3. The molecule has 6 heteroatoms. The molecule has 2 aromatic rings. The van der Waals surface area contributed by atoms with E-state index in [1.165, 1.54) is 25.7 Å². The summed E-state index contributed by atoms with van der Waals surface area (Å²) in [7, 11) is 0. The largest absolute Gasteiger partial charge is 0.381 e. The number of hydrogen-bond acceptors (Lipinski definition) is 5. The maximum Gasteiger partial charge on any atom is 0.165 e. The Labute approximate surface area is 124 Å². The number of anilines is 1. The Morgan fingerprint density at radius 1 is 1.24 bits per heavy atom. The molecule has 4 rings (SSSR count). The first-order valence-corrected chi connectivity index (χ1v) is 7.85. The van der Waals surface area contributed by atoms with Crippen molar-refractivity contribution >= 4 is 11.5 Å². The number of ether oxygens (including phenoxy) is 1. The SMILES string of the molecule is Cc1nc(N2CCCC2C2CCOCC2)cc2nncn12. The summed E-state index contributed by atoms with van der Waals surface area (Å²) < 4.78 is 7.44. The summed E-state index contributed by atoms with van der Waals surface area (Å²) in [6, 6.07) is 2.67. The molecule has 6 nitrogen and oxygen atoms in total. The van der Waals surface area contributed by atoms with Gasteiger partial charge < -0.3 is 9.64 Å². The third-order valence-electron chi connectivity index (χ3n) is 4.86. The highest BCUT2D eigenvalue weighted by Crippen LogP contribution is 2.33. The Hall–Kier alpha value is -1.69. The van der Waals surface area contributed by atoms with Crippen LogP contribution in [0.4, 0.5) is 5.82 Å². The van der Waals surface area contributed by atoms with Crippen LogP contribution in [0.25, 0.3) is 5.65 Å². The molecule has 0 aliphatic carbocycles. The molecule has 0 spiro atoms. The summed E-state index contributed by atoms with van der Waals surface area (Å²) in [5.41, 5.74) is 0.884. The predicted octanol–water partition coefficient (Wildman–Crippen LogP) is 1.83. The maximum absolute atomic E-state index is 5.51. The average Bonchev–Trinajstić information content (AvgIpc) is 3.17. The van der Waals surface area contributed by atoms with Gasteiger partial charge in [-0.3, -0.25) is 4.40 Å². The molecular weight excluding hydrogens is 266 g/mol. The Kier molecular flexibility index (Phi) is 3.25. The van der Waals surface area contributed by atoms with E-state index in [1.54, 1.807) is 6.33 Å². The van der Waals surface area contributed by atoms with E-state index >= 15 is 0 Å². The summed E-state index contributed by atoms with van der Waals surface area (Å²) >= 11 is 0. The molecule has 0 amide bonds. The van der Waals surface area contributed by atoms with Gasteiger partial charge in [-0.1, -0.05) is 0 Å². The van der Waals surface area contributed by atoms with Crippen molar-refractivity contribution in [3.63, 3.8) is 0 Å². The fourth-order valence-electron chi connectivity index (χ4n) is 3.77. The minimum atomic E-state index is 0.603. The zero-order valence-corrected chi connectivity index (χ0v) is 12.4. The molecule has 0 aromatic carbocycles. The average molecular weight is 287 g/mol. The molecule has 0 N–H and O–H groups in total. The molecule has 1 atom stereocenters. The highest BCUT2D eigenvalue weighted by molar-refractivity contribution is 5.52. The van der Waals surface area contributed by atoms with E-state index in [0.29, 0.717) is 6.04 Å². The quantitative estimate of drug-likeness (QED) is 0.843. The van der Waals surface area contributed by atoms with Crippen LogP contribution in [0.15, 0.2) is 12.4 Å². The fourth-order valence-corrected chi connectivity index (χ4v) is 3.77. The van der Waals surface area contributed by atoms with Gasteiger partial charge in [0.2, 0.25) is 0 Å². The van der Waals surface area contributed by atoms with Gasteiger partial charge in [0.15, 0.2) is 5.65 Å². The number of rotatable bonds is 2. The lowest BCUT2D eigenvalue weighted by molar-refractivity contribution is 0.0588. The van der Waals surface area contributed by atoms with Crippen molar-refractivity contribution < 1.29 is 4.74 Å². The summed E-state index contributed by atoms with van der Waals surface area (Å²) in [5, 5.41) is 8.15. The number of aryl methyl sites for hydroxylation is 1. The Morgan fingerprint density at radius 2 is 2.10 bits per heavy atom. The molecule has 2 fully saturated rings. The van der Waals surface area contributed by atoms with Gasteiger partial charge in [-0.2, -0.15) is 0 Å². The van der Waals surface area contributed by atoms with Gasteiger partial charge in [-0.05, 0) is 38.5 Å². The second kappa shape index (κ2) is 5.26. The third-order valence-corrected chi connectivity index (χ3v) is 4.86. The summed E-state index contributed by atoms with van der Waals surface area (Å²) in [6.07, 6.45) is 6.59. The molecule has 21 heavy (non-hydrogen) atoms. The van der Waals surface area contributed by atoms with Crippen LogP contribution < -0.4 is 4.90 Å². The van der Waals surface area contributed by atoms with Crippen molar-refractivity contribution in [2.24, 2.45) is 5.92 Å². The summed E-state index contributed by atoms with van der Waals surface area (Å²) in [4.78, 5) is 7.26. The van der Waals surface area contributed by atoms with Crippen LogP contribution in [0.2, 0.25) is 0 Å². The zero-order chi connectivity index (χ0) is 14.2. The Morgan fingerprint density at radius 3 is 2.95 bits per heavy atom. The first kappa shape index (κ1) is 13.0. The van der Waals surface area contributed by atoms with Crippen molar-refractivity contribution in [3.8, 4) is 0 Å². The van der Waals surface area contributed by atoms with Crippen molar-refractivity contribution in [2.45, 2.75) is 38.6 Å². The highest BCUT2D eigenvalue weighted by atomic mass is 16.5. The van der Waals surface area contributed by atoms with Crippen molar-refractivity contribution in [2.75, 3.05) is 24.7 Å². The smallest absolute Gasteiger partial charge is 0.165 e. The first-order valence-electron chi connectivity index (χ1n) is 7.85. The van der Waals surface area contributed by atoms with Crippen LogP contribution in [0.5, 0.6) is 0 Å². The third kappa shape index (κ3) is 2.27. The van der Waals surface area contributed by atoms with Crippen LogP contribution >= 0.6 is 0 Å². The lowest BCUT2D eigenvalue weighted by Gasteiger charge is -2.34. The minimum absolute atomic E-state index is 0.603. The first-order chi connectivity index (χ1) is 10.3. The van der Waals surface area contributed by atoms with Crippen LogP contribution in [0, 0.1) is 12.8 Å². The fraction of sp³-hybridized carbons (Fsp3) is 0.667. The van der Waals surface area contributed by atoms with E-state index in [9.17, 15) is 0 Å². The van der Waals surface area contributed by atoms with Crippen LogP contribution in [-0.4, -0.2) is 45.4 Å². The second-order valence-corrected chi connectivity index (χ2v) is 6.07. The summed E-state index contributed by atoms with van der Waals surface area (Å²) in [6.45, 7) is 4.92. The Balaban J connectivity index is 1.66. The topological polar surface area (TPSA) is 55.5 Å². The molecule has 0 bridgehead atoms. The number of aromatic nitrogens is 4. The Bertz CT molecular complexity index is 634. The molecule has 112 valence electrons. The van der Waals surface area contributed by atoms with E-state index in [-0.39, 0.29) is 0 Å². The van der Waals surface area contributed by atoms with Gasteiger partial charge in [0.25, 0.3) is 0 Å². The van der Waals surface area contributed by atoms with Gasteiger partial charge in [0, 0.05) is 31.9 Å². The highest BCUT2D eigenvalue weighted by Gasteiger charge is 2.33. The van der Waals surface area contributed by atoms with E-state index < -0.39 is 0 Å². The van der Waals surface area contributed by atoms with Crippen molar-refractivity contribution in [3.05, 3.63) is 18.2 Å². The molecule has 2 aliphatic rings. The van der Waals surface area contributed by atoms with Crippen LogP contribution in [0.1, 0.15) is 31.5 Å². The monoisotopic (exact) mass is 287 g/mol. The zero-order valence-electron chi connectivity index (χ0n) is 12.4. The lowest BCUT2D eigenvalue weighted by Crippen LogP contribution is -2.39. The van der Waals surface area contributed by atoms with E-state index in [4.69, 9.17) is 9.72 Å². The molecule has 4 heterocycles. The number of nitrogens with zero attached hydrogens (tertiary/aromatic N) is 5. The van der Waals surface area contributed by atoms with Crippen molar-refractivity contribution in [1.82, 2.24) is 19.6 Å². The van der Waals surface area contributed by atoms with Gasteiger partial charge in [-0.15, -0.1) is 10.2 Å². The minimum Gasteiger partial charge on any atom is -0.381 e. The molecule has 2 aromatic heterocycles. The van der Waals surface area contributed by atoms with Crippen LogP contribution in [-0.2, 0) is 4.74 Å². The molecule has 0 saturated carbocycles. The maximum atomic E-state index is 5.51. The normalized spacial score (nSPS) is 24.0. The molecule has 0 radical (unpaired) electrons. The summed E-state index contributed by atoms with van der Waals surface area (Å²) in [5.74, 6) is 2.74. The van der Waals surface area contributed by atoms with Gasteiger partial charge in [0.1, 0.15) is 18.0 Å². The van der Waals surface area contributed by atoms with Crippen molar-refractivity contribution in [1.29, 1.82) is 0 Å².